The van der Waals surface area contributed by atoms with Gasteiger partial charge in [-0.25, -0.2) is 0 Å². The van der Waals surface area contributed by atoms with Gasteiger partial charge >= 0.3 is 0 Å². The number of amides is 1. The molecule has 0 saturated carbocycles. The number of hydrogen-bond acceptors (Lipinski definition) is 3. The molecule has 104 valence electrons. The molecule has 0 bridgehead atoms. The molecule has 0 radical (unpaired) electrons. The third-order valence-electron chi connectivity index (χ3n) is 3.87. The first kappa shape index (κ1) is 13.7. The highest BCUT2D eigenvalue weighted by Gasteiger charge is 2.28. The second-order valence-corrected chi connectivity index (χ2v) is 4.94. The van der Waals surface area contributed by atoms with Crippen molar-refractivity contribution >= 4 is 11.6 Å². The van der Waals surface area contributed by atoms with E-state index in [1.165, 1.54) is 4.90 Å². The maximum absolute atomic E-state index is 11.2. The number of rotatable bonds is 4. The van der Waals surface area contributed by atoms with Crippen LogP contribution >= 0.6 is 0 Å². The zero-order valence-electron chi connectivity index (χ0n) is 11.6. The van der Waals surface area contributed by atoms with Crippen molar-refractivity contribution in [3.63, 3.8) is 0 Å². The van der Waals surface area contributed by atoms with E-state index in [1.54, 1.807) is 7.11 Å². The molecule has 3 N–H and O–H groups in total. The number of quaternary nitrogens is 1. The molecule has 1 atom stereocenters. The van der Waals surface area contributed by atoms with Crippen molar-refractivity contribution in [2.75, 3.05) is 38.2 Å². The fraction of sp³-hybridized carbons (Fsp3) is 0.500. The summed E-state index contributed by atoms with van der Waals surface area (Å²) >= 11 is 0. The van der Waals surface area contributed by atoms with E-state index in [2.05, 4.69) is 11.0 Å². The molecule has 19 heavy (non-hydrogen) atoms. The van der Waals surface area contributed by atoms with Crippen LogP contribution in [0.5, 0.6) is 5.75 Å². The Morgan fingerprint density at radius 1 is 1.37 bits per heavy atom. The molecule has 0 aliphatic carbocycles. The molecular weight excluding hydrogens is 242 g/mol. The van der Waals surface area contributed by atoms with E-state index in [0.29, 0.717) is 0 Å². The summed E-state index contributed by atoms with van der Waals surface area (Å²) in [5, 5.41) is 0. The summed E-state index contributed by atoms with van der Waals surface area (Å²) in [6.45, 7) is 5.56. The number of hydrogen-bond donors (Lipinski definition) is 2. The van der Waals surface area contributed by atoms with Crippen LogP contribution in [-0.2, 0) is 4.79 Å². The summed E-state index contributed by atoms with van der Waals surface area (Å²) < 4.78 is 5.39. The molecule has 0 aromatic heterocycles. The predicted octanol–water partition coefficient (Wildman–Crippen LogP) is -0.726. The molecule has 1 aromatic carbocycles. The molecule has 5 heteroatoms. The van der Waals surface area contributed by atoms with Gasteiger partial charge in [-0.3, -0.25) is 4.79 Å². The van der Waals surface area contributed by atoms with Gasteiger partial charge in [-0.2, -0.15) is 0 Å². The molecule has 1 amide bonds. The van der Waals surface area contributed by atoms with Crippen LogP contribution in [0.3, 0.4) is 0 Å². The van der Waals surface area contributed by atoms with Gasteiger partial charge in [-0.05, 0) is 19.1 Å². The van der Waals surface area contributed by atoms with Crippen LogP contribution in [0, 0.1) is 0 Å². The number of ether oxygens (including phenoxy) is 1. The molecule has 1 aliphatic heterocycles. The lowest BCUT2D eigenvalue weighted by molar-refractivity contribution is -0.914. The number of carbonyl (C=O) groups is 1. The number of anilines is 1. The van der Waals surface area contributed by atoms with Gasteiger partial charge in [0.05, 0.1) is 39.0 Å². The highest BCUT2D eigenvalue weighted by molar-refractivity contribution is 5.77. The monoisotopic (exact) mass is 264 g/mol. The van der Waals surface area contributed by atoms with Crippen molar-refractivity contribution in [2.24, 2.45) is 5.73 Å². The van der Waals surface area contributed by atoms with Gasteiger partial charge < -0.3 is 20.3 Å². The highest BCUT2D eigenvalue weighted by Crippen LogP contribution is 2.27. The van der Waals surface area contributed by atoms with Crippen LogP contribution in [0.1, 0.15) is 6.92 Å². The number of piperazine rings is 1. The minimum atomic E-state index is -0.222. The van der Waals surface area contributed by atoms with E-state index in [0.717, 1.165) is 37.6 Å². The number of carbonyl (C=O) groups excluding carboxylic acids is 1. The average molecular weight is 264 g/mol. The van der Waals surface area contributed by atoms with Crippen LogP contribution in [0.4, 0.5) is 5.69 Å². The summed E-state index contributed by atoms with van der Waals surface area (Å²) in [6.07, 6.45) is 0. The van der Waals surface area contributed by atoms with Gasteiger partial charge in [0.25, 0.3) is 5.91 Å². The molecule has 1 saturated heterocycles. The Morgan fingerprint density at radius 3 is 2.58 bits per heavy atom. The van der Waals surface area contributed by atoms with Gasteiger partial charge in [0, 0.05) is 0 Å². The highest BCUT2D eigenvalue weighted by atomic mass is 16.5. The van der Waals surface area contributed by atoms with E-state index in [4.69, 9.17) is 10.5 Å². The first-order valence-electron chi connectivity index (χ1n) is 6.65. The smallest absolute Gasteiger partial charge is 0.275 e. The van der Waals surface area contributed by atoms with E-state index in [-0.39, 0.29) is 11.9 Å². The Kier molecular flexibility index (Phi) is 4.27. The second kappa shape index (κ2) is 5.93. The van der Waals surface area contributed by atoms with Crippen LogP contribution in [0.2, 0.25) is 0 Å². The van der Waals surface area contributed by atoms with Gasteiger partial charge in [0.2, 0.25) is 0 Å². The molecule has 2 rings (SSSR count). The summed E-state index contributed by atoms with van der Waals surface area (Å²) in [5.74, 6) is 0.676. The third-order valence-corrected chi connectivity index (χ3v) is 3.87. The van der Waals surface area contributed by atoms with E-state index >= 15 is 0 Å². The largest absolute Gasteiger partial charge is 0.495 e. The van der Waals surface area contributed by atoms with E-state index in [1.807, 2.05) is 25.1 Å². The summed E-state index contributed by atoms with van der Waals surface area (Å²) in [5.41, 5.74) is 6.49. The van der Waals surface area contributed by atoms with Gasteiger partial charge in [-0.15, -0.1) is 0 Å². The first-order chi connectivity index (χ1) is 9.13. The fourth-order valence-electron chi connectivity index (χ4n) is 2.56. The third kappa shape index (κ3) is 2.98. The molecule has 1 heterocycles. The minimum absolute atomic E-state index is 0.111. The molecule has 1 fully saturated rings. The van der Waals surface area contributed by atoms with Crippen molar-refractivity contribution in [3.8, 4) is 5.75 Å². The average Bonchev–Trinajstić information content (AvgIpc) is 2.46. The fourth-order valence-corrected chi connectivity index (χ4v) is 2.56. The molecule has 5 nitrogen and oxygen atoms in total. The number of benzene rings is 1. The Labute approximate surface area is 113 Å². The zero-order valence-corrected chi connectivity index (χ0v) is 11.6. The Bertz CT molecular complexity index is 442. The summed E-state index contributed by atoms with van der Waals surface area (Å²) in [4.78, 5) is 14.8. The van der Waals surface area contributed by atoms with Crippen molar-refractivity contribution in [2.45, 2.75) is 13.0 Å². The maximum atomic E-state index is 11.2. The summed E-state index contributed by atoms with van der Waals surface area (Å²) in [6, 6.07) is 7.92. The number of nitrogens with zero attached hydrogens (tertiary/aromatic N) is 1. The maximum Gasteiger partial charge on any atom is 0.275 e. The summed E-state index contributed by atoms with van der Waals surface area (Å²) in [7, 11) is 1.69. The van der Waals surface area contributed by atoms with Crippen LogP contribution < -0.4 is 20.3 Å². The zero-order chi connectivity index (χ0) is 13.8. The lowest BCUT2D eigenvalue weighted by Crippen LogP contribution is -3.19. The standard InChI is InChI=1S/C14H21N3O2/c1-11(14(15)18)16-7-9-17(10-8-16)12-5-3-4-6-13(12)19-2/h3-6,11H,7-10H2,1-2H3,(H2,15,18)/p+1/t11-/m1/s1. The van der Waals surface area contributed by atoms with E-state index < -0.39 is 0 Å². The molecule has 0 spiro atoms. The van der Waals surface area contributed by atoms with Crippen molar-refractivity contribution in [3.05, 3.63) is 24.3 Å². The SMILES string of the molecule is COc1ccccc1N1CC[NH+]([C@H](C)C(N)=O)CC1. The Balaban J connectivity index is 2.02. The Morgan fingerprint density at radius 2 is 2.00 bits per heavy atom. The lowest BCUT2D eigenvalue weighted by Gasteiger charge is -2.36. The van der Waals surface area contributed by atoms with Gasteiger partial charge in [0.1, 0.15) is 5.75 Å². The number of nitrogens with two attached hydrogens (primary N) is 1. The van der Waals surface area contributed by atoms with Crippen LogP contribution in [0.15, 0.2) is 24.3 Å². The van der Waals surface area contributed by atoms with Crippen molar-refractivity contribution in [1.29, 1.82) is 0 Å². The molecular formula is C14H22N3O2+. The van der Waals surface area contributed by atoms with Crippen LogP contribution in [0.25, 0.3) is 0 Å². The normalized spacial score (nSPS) is 18.1. The lowest BCUT2D eigenvalue weighted by atomic mass is 10.2. The number of para-hydroxylation sites is 2. The molecule has 0 unspecified atom stereocenters. The van der Waals surface area contributed by atoms with Gasteiger partial charge in [0.15, 0.2) is 6.04 Å². The first-order valence-corrected chi connectivity index (χ1v) is 6.65. The quantitative estimate of drug-likeness (QED) is 0.754. The molecule has 1 aromatic rings. The van der Waals surface area contributed by atoms with Crippen molar-refractivity contribution < 1.29 is 14.4 Å². The van der Waals surface area contributed by atoms with Crippen LogP contribution in [-0.4, -0.2) is 45.2 Å². The predicted molar refractivity (Wildman–Crippen MR) is 74.6 cm³/mol. The number of primary amides is 1. The van der Waals surface area contributed by atoms with Crippen molar-refractivity contribution in [1.82, 2.24) is 0 Å². The minimum Gasteiger partial charge on any atom is -0.495 e. The van der Waals surface area contributed by atoms with Gasteiger partial charge in [-0.1, -0.05) is 12.1 Å². The Hall–Kier alpha value is -1.75. The second-order valence-electron chi connectivity index (χ2n) is 4.94. The number of nitrogens with one attached hydrogen (secondary N) is 1. The van der Waals surface area contributed by atoms with E-state index in [9.17, 15) is 4.79 Å². The number of methoxy groups -OCH3 is 1. The molecule has 1 aliphatic rings. The topological polar surface area (TPSA) is 60.0 Å².